The van der Waals surface area contributed by atoms with Crippen LogP contribution in [0.3, 0.4) is 0 Å². The second-order valence-electron chi connectivity index (χ2n) is 4.69. The number of phenols is 1. The first kappa shape index (κ1) is 13.4. The zero-order valence-corrected chi connectivity index (χ0v) is 11.0. The van der Waals surface area contributed by atoms with E-state index in [0.717, 1.165) is 24.2 Å². The van der Waals surface area contributed by atoms with Gasteiger partial charge in [0.1, 0.15) is 11.5 Å². The molecule has 0 aliphatic rings. The Bertz CT molecular complexity index is 523. The average Bonchev–Trinajstić information content (AvgIpc) is 2.39. The summed E-state index contributed by atoms with van der Waals surface area (Å²) in [5.74, 6) is 1.14. The summed E-state index contributed by atoms with van der Waals surface area (Å²) in [6, 6.07) is 15.2. The molecule has 0 amide bonds. The van der Waals surface area contributed by atoms with E-state index in [1.807, 2.05) is 36.4 Å². The zero-order chi connectivity index (χ0) is 13.7. The molecule has 3 nitrogen and oxygen atoms in total. The summed E-state index contributed by atoms with van der Waals surface area (Å²) in [6.07, 6.45) is 1.56. The molecule has 2 aromatic carbocycles. The quantitative estimate of drug-likeness (QED) is 0.865. The smallest absolute Gasteiger partial charge is 0.118 e. The molecule has 1 atom stereocenters. The molecule has 2 rings (SSSR count). The van der Waals surface area contributed by atoms with Gasteiger partial charge in [-0.1, -0.05) is 24.3 Å². The van der Waals surface area contributed by atoms with E-state index in [1.54, 1.807) is 19.2 Å². The second kappa shape index (κ2) is 6.25. The third kappa shape index (κ3) is 4.00. The molecule has 19 heavy (non-hydrogen) atoms. The topological polar surface area (TPSA) is 55.5 Å². The van der Waals surface area contributed by atoms with Crippen LogP contribution in [-0.2, 0) is 12.8 Å². The first-order chi connectivity index (χ1) is 9.17. The van der Waals surface area contributed by atoms with Gasteiger partial charge in [-0.3, -0.25) is 0 Å². The van der Waals surface area contributed by atoms with Crippen LogP contribution >= 0.6 is 0 Å². The monoisotopic (exact) mass is 257 g/mol. The molecule has 0 spiro atoms. The van der Waals surface area contributed by atoms with E-state index in [2.05, 4.69) is 0 Å². The van der Waals surface area contributed by atoms with Gasteiger partial charge in [-0.15, -0.1) is 0 Å². The van der Waals surface area contributed by atoms with Gasteiger partial charge in [-0.2, -0.15) is 0 Å². The standard InChI is InChI=1S/C16H19NO2/c1-19-16-7-5-12(6-8-16)9-14(17)10-13-3-2-4-15(18)11-13/h2-8,11,14,18H,9-10,17H2,1H3. The Labute approximate surface area is 113 Å². The van der Waals surface area contributed by atoms with E-state index in [1.165, 1.54) is 5.56 Å². The molecule has 3 heteroatoms. The normalized spacial score (nSPS) is 12.1. The molecule has 0 aromatic heterocycles. The number of hydrogen-bond acceptors (Lipinski definition) is 3. The summed E-state index contributed by atoms with van der Waals surface area (Å²) in [6.45, 7) is 0. The largest absolute Gasteiger partial charge is 0.508 e. The number of rotatable bonds is 5. The van der Waals surface area contributed by atoms with Crippen molar-refractivity contribution in [2.24, 2.45) is 5.73 Å². The van der Waals surface area contributed by atoms with Crippen LogP contribution in [0.5, 0.6) is 11.5 Å². The molecule has 0 radical (unpaired) electrons. The fraction of sp³-hybridized carbons (Fsp3) is 0.250. The fourth-order valence-corrected chi connectivity index (χ4v) is 2.12. The summed E-state index contributed by atoms with van der Waals surface area (Å²) in [5.41, 5.74) is 8.39. The fourth-order valence-electron chi connectivity index (χ4n) is 2.12. The van der Waals surface area contributed by atoms with Crippen molar-refractivity contribution in [3.05, 3.63) is 59.7 Å². The van der Waals surface area contributed by atoms with Gasteiger partial charge >= 0.3 is 0 Å². The molecule has 0 saturated heterocycles. The maximum atomic E-state index is 9.42. The van der Waals surface area contributed by atoms with E-state index in [4.69, 9.17) is 10.5 Å². The summed E-state index contributed by atoms with van der Waals surface area (Å²) in [4.78, 5) is 0. The first-order valence-corrected chi connectivity index (χ1v) is 6.34. The van der Waals surface area contributed by atoms with Crippen LogP contribution in [0.1, 0.15) is 11.1 Å². The van der Waals surface area contributed by atoms with Crippen LogP contribution < -0.4 is 10.5 Å². The van der Waals surface area contributed by atoms with Crippen LogP contribution in [0.25, 0.3) is 0 Å². The lowest BCUT2D eigenvalue weighted by molar-refractivity contribution is 0.414. The minimum Gasteiger partial charge on any atom is -0.508 e. The van der Waals surface area contributed by atoms with E-state index in [-0.39, 0.29) is 11.8 Å². The lowest BCUT2D eigenvalue weighted by atomic mass is 9.99. The summed E-state index contributed by atoms with van der Waals surface area (Å²) in [7, 11) is 1.66. The Kier molecular flexibility index (Phi) is 4.42. The Morgan fingerprint density at radius 2 is 1.74 bits per heavy atom. The van der Waals surface area contributed by atoms with E-state index in [0.29, 0.717) is 0 Å². The predicted molar refractivity (Wildman–Crippen MR) is 76.5 cm³/mol. The van der Waals surface area contributed by atoms with Crippen molar-refractivity contribution >= 4 is 0 Å². The molecule has 1 unspecified atom stereocenters. The van der Waals surface area contributed by atoms with Crippen molar-refractivity contribution in [3.8, 4) is 11.5 Å². The molecule has 0 aliphatic carbocycles. The van der Waals surface area contributed by atoms with Crippen molar-refractivity contribution in [3.63, 3.8) is 0 Å². The number of methoxy groups -OCH3 is 1. The summed E-state index contributed by atoms with van der Waals surface area (Å²) < 4.78 is 5.12. The number of phenolic OH excluding ortho intramolecular Hbond substituents is 1. The molecule has 100 valence electrons. The third-order valence-corrected chi connectivity index (χ3v) is 3.07. The Morgan fingerprint density at radius 3 is 2.37 bits per heavy atom. The highest BCUT2D eigenvalue weighted by molar-refractivity contribution is 5.29. The minimum atomic E-state index is 0.0372. The van der Waals surface area contributed by atoms with Crippen LogP contribution in [0.15, 0.2) is 48.5 Å². The molecule has 3 N–H and O–H groups in total. The lowest BCUT2D eigenvalue weighted by Crippen LogP contribution is -2.25. The van der Waals surface area contributed by atoms with Crippen molar-refractivity contribution in [2.75, 3.05) is 7.11 Å². The molecular weight excluding hydrogens is 238 g/mol. The highest BCUT2D eigenvalue weighted by Crippen LogP contribution is 2.15. The lowest BCUT2D eigenvalue weighted by Gasteiger charge is -2.12. The van der Waals surface area contributed by atoms with Crippen LogP contribution in [0.2, 0.25) is 0 Å². The molecule has 0 heterocycles. The van der Waals surface area contributed by atoms with Crippen LogP contribution in [0.4, 0.5) is 0 Å². The van der Waals surface area contributed by atoms with Gasteiger partial charge in [0.05, 0.1) is 7.11 Å². The predicted octanol–water partition coefficient (Wildman–Crippen LogP) is 2.51. The number of hydrogen-bond donors (Lipinski definition) is 2. The molecule has 0 saturated carbocycles. The number of nitrogens with two attached hydrogens (primary N) is 1. The Morgan fingerprint density at radius 1 is 1.05 bits per heavy atom. The number of aromatic hydroxyl groups is 1. The van der Waals surface area contributed by atoms with Crippen molar-refractivity contribution in [1.82, 2.24) is 0 Å². The Hall–Kier alpha value is -2.00. The van der Waals surface area contributed by atoms with Gasteiger partial charge in [0.25, 0.3) is 0 Å². The molecule has 0 fully saturated rings. The molecule has 2 aromatic rings. The molecule has 0 aliphatic heterocycles. The average molecular weight is 257 g/mol. The van der Waals surface area contributed by atoms with E-state index < -0.39 is 0 Å². The van der Waals surface area contributed by atoms with Crippen molar-refractivity contribution in [1.29, 1.82) is 0 Å². The summed E-state index contributed by atoms with van der Waals surface area (Å²) in [5, 5.41) is 9.42. The van der Waals surface area contributed by atoms with Crippen LogP contribution in [-0.4, -0.2) is 18.3 Å². The second-order valence-corrected chi connectivity index (χ2v) is 4.69. The van der Waals surface area contributed by atoms with E-state index >= 15 is 0 Å². The SMILES string of the molecule is COc1ccc(CC(N)Cc2cccc(O)c2)cc1. The maximum absolute atomic E-state index is 9.42. The van der Waals surface area contributed by atoms with Gasteiger partial charge in [0, 0.05) is 6.04 Å². The first-order valence-electron chi connectivity index (χ1n) is 6.34. The van der Waals surface area contributed by atoms with Gasteiger partial charge in [-0.05, 0) is 48.2 Å². The Balaban J connectivity index is 1.95. The van der Waals surface area contributed by atoms with Crippen LogP contribution in [0, 0.1) is 0 Å². The highest BCUT2D eigenvalue weighted by Gasteiger charge is 2.06. The van der Waals surface area contributed by atoms with Crippen molar-refractivity contribution < 1.29 is 9.84 Å². The maximum Gasteiger partial charge on any atom is 0.118 e. The van der Waals surface area contributed by atoms with Gasteiger partial charge < -0.3 is 15.6 Å². The van der Waals surface area contributed by atoms with Gasteiger partial charge in [-0.25, -0.2) is 0 Å². The van der Waals surface area contributed by atoms with Crippen molar-refractivity contribution in [2.45, 2.75) is 18.9 Å². The zero-order valence-electron chi connectivity index (χ0n) is 11.0. The highest BCUT2D eigenvalue weighted by atomic mass is 16.5. The van der Waals surface area contributed by atoms with E-state index in [9.17, 15) is 5.11 Å². The molecular formula is C16H19NO2. The van der Waals surface area contributed by atoms with Gasteiger partial charge in [0.15, 0.2) is 0 Å². The van der Waals surface area contributed by atoms with Gasteiger partial charge in [0.2, 0.25) is 0 Å². The number of benzene rings is 2. The summed E-state index contributed by atoms with van der Waals surface area (Å²) >= 11 is 0. The third-order valence-electron chi connectivity index (χ3n) is 3.07. The molecule has 0 bridgehead atoms. The number of ether oxygens (including phenoxy) is 1. The minimum absolute atomic E-state index is 0.0372.